The quantitative estimate of drug-likeness (QED) is 0.321. The highest BCUT2D eigenvalue weighted by Gasteiger charge is 2.14. The first-order valence-corrected chi connectivity index (χ1v) is 11.4. The normalized spacial score (nSPS) is 11.3. The lowest BCUT2D eigenvalue weighted by Crippen LogP contribution is -2.20. The molecule has 35 heavy (non-hydrogen) atoms. The van der Waals surface area contributed by atoms with Crippen LogP contribution in [0.1, 0.15) is 17.0 Å². The molecule has 0 atom stereocenters. The summed E-state index contributed by atoms with van der Waals surface area (Å²) < 4.78 is 25.7. The van der Waals surface area contributed by atoms with Crippen LogP contribution < -0.4 is 14.8 Å². The molecule has 0 bridgehead atoms. The van der Waals surface area contributed by atoms with Gasteiger partial charge in [0, 0.05) is 0 Å². The minimum Gasteiger partial charge on any atom is -0.493 e. The van der Waals surface area contributed by atoms with E-state index in [4.69, 9.17) is 9.47 Å². The van der Waals surface area contributed by atoms with Gasteiger partial charge >= 0.3 is 5.97 Å². The number of amides is 1. The average molecular weight is 493 g/mol. The molecule has 0 fully saturated rings. The Labute approximate surface area is 204 Å². The van der Waals surface area contributed by atoms with Crippen molar-refractivity contribution in [2.24, 2.45) is 0 Å². The van der Waals surface area contributed by atoms with Crippen LogP contribution in [0.4, 0.5) is 10.1 Å². The molecule has 1 aromatic heterocycles. The average Bonchev–Trinajstić information content (AvgIpc) is 3.28. The number of halogens is 1. The molecule has 4 aromatic rings. The van der Waals surface area contributed by atoms with Gasteiger partial charge in [0.15, 0.2) is 18.1 Å². The molecule has 178 valence electrons. The summed E-state index contributed by atoms with van der Waals surface area (Å²) in [5.74, 6) is -1.37. The van der Waals surface area contributed by atoms with E-state index in [0.29, 0.717) is 27.6 Å². The van der Waals surface area contributed by atoms with E-state index in [1.54, 1.807) is 30.3 Å². The molecule has 0 unspecified atom stereocenters. The standard InChI is InChI=1S/C26H21FN2O5S/c1-33-22-13-16(10-11-21(22)34-15-24(30)28-19-7-3-2-6-18(19)27)12-17(14-25(31)32)26-29-20-8-4-5-9-23(20)35-26/h2-13H,14-15H2,1H3,(H,28,30)(H,31,32)/b17-12+. The molecule has 0 aliphatic rings. The number of rotatable bonds is 9. The Kier molecular flexibility index (Phi) is 7.37. The summed E-state index contributed by atoms with van der Waals surface area (Å²) in [7, 11) is 1.46. The number of anilines is 1. The van der Waals surface area contributed by atoms with Gasteiger partial charge in [0.1, 0.15) is 10.8 Å². The van der Waals surface area contributed by atoms with Crippen molar-refractivity contribution in [2.75, 3.05) is 19.0 Å². The lowest BCUT2D eigenvalue weighted by molar-refractivity contribution is -0.135. The van der Waals surface area contributed by atoms with Gasteiger partial charge in [0.25, 0.3) is 5.91 Å². The van der Waals surface area contributed by atoms with E-state index in [1.165, 1.54) is 36.6 Å². The van der Waals surface area contributed by atoms with Gasteiger partial charge in [0.05, 0.1) is 29.4 Å². The molecule has 0 saturated heterocycles. The van der Waals surface area contributed by atoms with Crippen LogP contribution in [-0.2, 0) is 9.59 Å². The zero-order valence-corrected chi connectivity index (χ0v) is 19.5. The fraction of sp³-hybridized carbons (Fsp3) is 0.115. The number of methoxy groups -OCH3 is 1. The van der Waals surface area contributed by atoms with Gasteiger partial charge < -0.3 is 19.9 Å². The first-order valence-electron chi connectivity index (χ1n) is 10.6. The summed E-state index contributed by atoms with van der Waals surface area (Å²) >= 11 is 1.42. The molecule has 0 saturated carbocycles. The van der Waals surface area contributed by atoms with E-state index in [2.05, 4.69) is 10.3 Å². The minimum atomic E-state index is -0.969. The highest BCUT2D eigenvalue weighted by Crippen LogP contribution is 2.33. The maximum absolute atomic E-state index is 13.7. The van der Waals surface area contributed by atoms with Crippen LogP contribution in [-0.4, -0.2) is 35.7 Å². The number of carboxylic acids is 1. The van der Waals surface area contributed by atoms with Crippen LogP contribution in [0.2, 0.25) is 0 Å². The zero-order chi connectivity index (χ0) is 24.8. The summed E-state index contributed by atoms with van der Waals surface area (Å²) in [4.78, 5) is 28.2. The second kappa shape index (κ2) is 10.8. The van der Waals surface area contributed by atoms with Gasteiger partial charge in [-0.2, -0.15) is 0 Å². The fourth-order valence-corrected chi connectivity index (χ4v) is 4.33. The number of ether oxygens (including phenoxy) is 2. The summed E-state index contributed by atoms with van der Waals surface area (Å²) in [5.41, 5.74) is 2.10. The number of nitrogens with zero attached hydrogens (tertiary/aromatic N) is 1. The third-order valence-electron chi connectivity index (χ3n) is 4.95. The van der Waals surface area contributed by atoms with Gasteiger partial charge in [-0.1, -0.05) is 30.3 Å². The molecule has 1 amide bonds. The summed E-state index contributed by atoms with van der Waals surface area (Å²) in [6.07, 6.45) is 1.54. The number of carboxylic acid groups (broad SMARTS) is 1. The Morgan fingerprint density at radius 2 is 1.86 bits per heavy atom. The number of thiazole rings is 1. The summed E-state index contributed by atoms with van der Waals surface area (Å²) in [6, 6.07) is 18.5. The van der Waals surface area contributed by atoms with Crippen molar-refractivity contribution in [3.8, 4) is 11.5 Å². The topological polar surface area (TPSA) is 97.8 Å². The van der Waals surface area contributed by atoms with Crippen molar-refractivity contribution in [2.45, 2.75) is 6.42 Å². The fourth-order valence-electron chi connectivity index (χ4n) is 3.35. The second-order valence-corrected chi connectivity index (χ2v) is 8.48. The minimum absolute atomic E-state index is 0.0642. The maximum atomic E-state index is 13.7. The smallest absolute Gasteiger partial charge is 0.307 e. The molecule has 7 nitrogen and oxygen atoms in total. The molecule has 4 rings (SSSR count). The molecule has 0 spiro atoms. The van der Waals surface area contributed by atoms with Gasteiger partial charge in [-0.15, -0.1) is 11.3 Å². The molecule has 1 heterocycles. The van der Waals surface area contributed by atoms with Crippen LogP contribution in [0.5, 0.6) is 11.5 Å². The summed E-state index contributed by atoms with van der Waals surface area (Å²) in [5, 5.41) is 12.5. The van der Waals surface area contributed by atoms with Crippen LogP contribution in [0, 0.1) is 5.82 Å². The Bertz CT molecular complexity index is 1380. The summed E-state index contributed by atoms with van der Waals surface area (Å²) in [6.45, 7) is -0.351. The highest BCUT2D eigenvalue weighted by molar-refractivity contribution is 7.19. The molecular weight excluding hydrogens is 471 g/mol. The second-order valence-electron chi connectivity index (χ2n) is 7.45. The number of carbonyl (C=O) groups excluding carboxylic acids is 1. The maximum Gasteiger partial charge on any atom is 0.307 e. The zero-order valence-electron chi connectivity index (χ0n) is 18.7. The van der Waals surface area contributed by atoms with E-state index in [0.717, 1.165) is 10.2 Å². The molecule has 3 aromatic carbocycles. The van der Waals surface area contributed by atoms with Crippen molar-refractivity contribution < 1.29 is 28.6 Å². The molecule has 9 heteroatoms. The number of hydrogen-bond acceptors (Lipinski definition) is 6. The van der Waals surface area contributed by atoms with Crippen LogP contribution in [0.3, 0.4) is 0 Å². The highest BCUT2D eigenvalue weighted by atomic mass is 32.1. The van der Waals surface area contributed by atoms with Gasteiger partial charge in [-0.3, -0.25) is 9.59 Å². The number of fused-ring (bicyclic) bond motifs is 1. The van der Waals surface area contributed by atoms with Gasteiger partial charge in [-0.25, -0.2) is 9.37 Å². The van der Waals surface area contributed by atoms with E-state index in [1.807, 2.05) is 24.3 Å². The van der Waals surface area contributed by atoms with Gasteiger partial charge in [0.2, 0.25) is 0 Å². The molecule has 0 radical (unpaired) electrons. The molecular formula is C26H21FN2O5S. The van der Waals surface area contributed by atoms with Crippen LogP contribution in [0.25, 0.3) is 21.9 Å². The molecule has 0 aliphatic carbocycles. The Balaban J connectivity index is 1.53. The lowest BCUT2D eigenvalue weighted by Gasteiger charge is -2.12. The Morgan fingerprint density at radius 3 is 2.60 bits per heavy atom. The van der Waals surface area contributed by atoms with Crippen molar-refractivity contribution in [3.05, 3.63) is 83.1 Å². The van der Waals surface area contributed by atoms with Crippen molar-refractivity contribution in [1.29, 1.82) is 0 Å². The van der Waals surface area contributed by atoms with Gasteiger partial charge in [-0.05, 0) is 53.6 Å². The number of aliphatic carboxylic acids is 1. The monoisotopic (exact) mass is 492 g/mol. The number of nitrogens with one attached hydrogen (secondary N) is 1. The number of aromatic nitrogens is 1. The van der Waals surface area contributed by atoms with Crippen molar-refractivity contribution >= 4 is 50.8 Å². The number of benzene rings is 3. The number of hydrogen-bond donors (Lipinski definition) is 2. The number of para-hydroxylation sites is 2. The Hall–Kier alpha value is -4.24. The van der Waals surface area contributed by atoms with Crippen molar-refractivity contribution in [3.63, 3.8) is 0 Å². The van der Waals surface area contributed by atoms with E-state index >= 15 is 0 Å². The van der Waals surface area contributed by atoms with Crippen molar-refractivity contribution in [1.82, 2.24) is 4.98 Å². The predicted octanol–water partition coefficient (Wildman–Crippen LogP) is 5.48. The number of carbonyl (C=O) groups is 2. The first kappa shape index (κ1) is 23.9. The molecule has 0 aliphatic heterocycles. The van der Waals surface area contributed by atoms with Crippen LogP contribution >= 0.6 is 11.3 Å². The SMILES string of the molecule is COc1cc(/C=C(\CC(=O)O)c2nc3ccccc3s2)ccc1OCC(=O)Nc1ccccc1F. The molecule has 2 N–H and O–H groups in total. The first-order chi connectivity index (χ1) is 16.9. The van der Waals surface area contributed by atoms with Crippen LogP contribution in [0.15, 0.2) is 66.7 Å². The largest absolute Gasteiger partial charge is 0.493 e. The third-order valence-corrected chi connectivity index (χ3v) is 6.06. The van der Waals surface area contributed by atoms with E-state index in [-0.39, 0.29) is 18.7 Å². The third kappa shape index (κ3) is 6.01. The predicted molar refractivity (Wildman–Crippen MR) is 133 cm³/mol. The Morgan fingerprint density at radius 1 is 1.09 bits per heavy atom. The lowest BCUT2D eigenvalue weighted by atomic mass is 10.1. The van der Waals surface area contributed by atoms with E-state index < -0.39 is 17.7 Å². The van der Waals surface area contributed by atoms with E-state index in [9.17, 15) is 19.1 Å².